The van der Waals surface area contributed by atoms with Crippen molar-refractivity contribution >= 4 is 27.7 Å². The Hall–Kier alpha value is -0.190. The van der Waals surface area contributed by atoms with Gasteiger partial charge in [0.05, 0.1) is 0 Å². The first-order valence-corrected chi connectivity index (χ1v) is 7.47. The van der Waals surface area contributed by atoms with Crippen LogP contribution in [0, 0.1) is 0 Å². The monoisotopic (exact) mass is 303 g/mol. The summed E-state index contributed by atoms with van der Waals surface area (Å²) in [6.07, 6.45) is 2.13. The molecule has 1 aromatic rings. The second-order valence-electron chi connectivity index (χ2n) is 3.60. The predicted octanol–water partition coefficient (Wildman–Crippen LogP) is 3.12. The molecule has 0 saturated heterocycles. The van der Waals surface area contributed by atoms with Gasteiger partial charge in [-0.3, -0.25) is 0 Å². The van der Waals surface area contributed by atoms with E-state index in [1.807, 2.05) is 36.0 Å². The Balaban J connectivity index is 2.20. The fourth-order valence-electron chi connectivity index (χ4n) is 1.24. The molecule has 2 nitrogen and oxygen atoms in total. The lowest BCUT2D eigenvalue weighted by molar-refractivity contribution is 0.245. The molecular weight excluding hydrogens is 286 g/mol. The molecule has 0 aromatic heterocycles. The van der Waals surface area contributed by atoms with Crippen LogP contribution in [0.2, 0.25) is 0 Å². The zero-order chi connectivity index (χ0) is 11.8. The quantitative estimate of drug-likeness (QED) is 0.768. The Labute approximate surface area is 110 Å². The number of likely N-dealkylation sites (N-methyl/N-ethyl adjacent to an activating group) is 1. The van der Waals surface area contributed by atoms with E-state index in [-0.39, 0.29) is 0 Å². The van der Waals surface area contributed by atoms with E-state index in [0.29, 0.717) is 0 Å². The van der Waals surface area contributed by atoms with Crippen molar-refractivity contribution in [3.8, 4) is 5.75 Å². The van der Waals surface area contributed by atoms with Gasteiger partial charge in [0.25, 0.3) is 0 Å². The summed E-state index contributed by atoms with van der Waals surface area (Å²) in [6.45, 7) is 2.82. The van der Waals surface area contributed by atoms with Gasteiger partial charge in [-0.15, -0.1) is 0 Å². The van der Waals surface area contributed by atoms with Crippen molar-refractivity contribution in [1.82, 2.24) is 4.90 Å². The molecule has 0 bridgehead atoms. The molecule has 1 rings (SSSR count). The van der Waals surface area contributed by atoms with E-state index in [2.05, 4.69) is 34.1 Å². The second kappa shape index (κ2) is 7.98. The molecule has 0 radical (unpaired) electrons. The van der Waals surface area contributed by atoms with Crippen molar-refractivity contribution in [2.75, 3.05) is 38.8 Å². The Morgan fingerprint density at radius 1 is 1.38 bits per heavy atom. The van der Waals surface area contributed by atoms with Crippen LogP contribution in [0.4, 0.5) is 0 Å². The minimum atomic E-state index is 0.737. The number of hydrogen-bond donors (Lipinski definition) is 0. The van der Waals surface area contributed by atoms with Gasteiger partial charge in [-0.1, -0.05) is 22.0 Å². The molecule has 0 N–H and O–H groups in total. The van der Waals surface area contributed by atoms with Crippen molar-refractivity contribution in [2.24, 2.45) is 0 Å². The molecule has 0 atom stereocenters. The van der Waals surface area contributed by atoms with Crippen molar-refractivity contribution in [3.63, 3.8) is 0 Å². The molecule has 0 saturated carbocycles. The van der Waals surface area contributed by atoms with Crippen molar-refractivity contribution in [1.29, 1.82) is 0 Å². The topological polar surface area (TPSA) is 12.5 Å². The van der Waals surface area contributed by atoms with Crippen LogP contribution in [-0.4, -0.2) is 43.7 Å². The van der Waals surface area contributed by atoms with Gasteiger partial charge >= 0.3 is 0 Å². The molecule has 16 heavy (non-hydrogen) atoms. The number of nitrogens with zero attached hydrogens (tertiary/aromatic N) is 1. The number of hydrogen-bond acceptors (Lipinski definition) is 3. The van der Waals surface area contributed by atoms with Gasteiger partial charge in [0.2, 0.25) is 0 Å². The van der Waals surface area contributed by atoms with Crippen LogP contribution in [0.3, 0.4) is 0 Å². The van der Waals surface area contributed by atoms with Crippen LogP contribution in [0.1, 0.15) is 0 Å². The summed E-state index contributed by atoms with van der Waals surface area (Å²) in [5.74, 6) is 2.10. The van der Waals surface area contributed by atoms with Crippen molar-refractivity contribution < 1.29 is 4.74 Å². The summed E-state index contributed by atoms with van der Waals surface area (Å²) in [5, 5.41) is 0. The fraction of sp³-hybridized carbons (Fsp3) is 0.500. The third kappa shape index (κ3) is 5.77. The van der Waals surface area contributed by atoms with E-state index in [0.717, 1.165) is 29.9 Å². The van der Waals surface area contributed by atoms with E-state index in [9.17, 15) is 0 Å². The van der Waals surface area contributed by atoms with Crippen LogP contribution in [0.5, 0.6) is 5.75 Å². The molecule has 1 aromatic carbocycles. The molecule has 4 heteroatoms. The molecule has 0 unspecified atom stereocenters. The molecular formula is C12H18BrNOS. The van der Waals surface area contributed by atoms with E-state index in [1.54, 1.807) is 0 Å². The van der Waals surface area contributed by atoms with Gasteiger partial charge in [-0.2, -0.15) is 11.8 Å². The summed E-state index contributed by atoms with van der Waals surface area (Å²) >= 11 is 5.30. The largest absolute Gasteiger partial charge is 0.492 e. The van der Waals surface area contributed by atoms with E-state index < -0.39 is 0 Å². The molecule has 0 aliphatic carbocycles. The highest BCUT2D eigenvalue weighted by atomic mass is 79.9. The van der Waals surface area contributed by atoms with Crippen LogP contribution < -0.4 is 4.74 Å². The highest BCUT2D eigenvalue weighted by Crippen LogP contribution is 2.17. The Morgan fingerprint density at radius 2 is 2.19 bits per heavy atom. The molecule has 0 heterocycles. The summed E-state index contributed by atoms with van der Waals surface area (Å²) in [4.78, 5) is 2.29. The second-order valence-corrected chi connectivity index (χ2v) is 5.50. The highest BCUT2D eigenvalue weighted by molar-refractivity contribution is 9.10. The first kappa shape index (κ1) is 13.9. The molecule has 90 valence electrons. The van der Waals surface area contributed by atoms with Crippen LogP contribution in [-0.2, 0) is 0 Å². The molecule has 0 fully saturated rings. The molecule has 0 spiro atoms. The first-order valence-electron chi connectivity index (χ1n) is 5.28. The lowest BCUT2D eigenvalue weighted by Gasteiger charge is -2.16. The number of benzene rings is 1. The third-order valence-corrected chi connectivity index (χ3v) is 3.30. The van der Waals surface area contributed by atoms with Gasteiger partial charge in [0.15, 0.2) is 0 Å². The van der Waals surface area contributed by atoms with Gasteiger partial charge in [0, 0.05) is 23.3 Å². The number of rotatable bonds is 7. The smallest absolute Gasteiger partial charge is 0.120 e. The standard InChI is InChI=1S/C12H18BrNOS/c1-14(7-9-16-2)6-8-15-12-5-3-4-11(13)10-12/h3-5,10H,6-9H2,1-2H3. The van der Waals surface area contributed by atoms with Crippen molar-refractivity contribution in [2.45, 2.75) is 0 Å². The van der Waals surface area contributed by atoms with Crippen LogP contribution >= 0.6 is 27.7 Å². The maximum absolute atomic E-state index is 5.66. The summed E-state index contributed by atoms with van der Waals surface area (Å²) in [7, 11) is 2.13. The first-order chi connectivity index (χ1) is 7.72. The summed E-state index contributed by atoms with van der Waals surface area (Å²) in [5.41, 5.74) is 0. The lowest BCUT2D eigenvalue weighted by Crippen LogP contribution is -2.26. The number of thioether (sulfide) groups is 1. The van der Waals surface area contributed by atoms with Crippen LogP contribution in [0.15, 0.2) is 28.7 Å². The van der Waals surface area contributed by atoms with Gasteiger partial charge in [0.1, 0.15) is 12.4 Å². The average molecular weight is 304 g/mol. The minimum absolute atomic E-state index is 0.737. The fourth-order valence-corrected chi connectivity index (χ4v) is 2.11. The van der Waals surface area contributed by atoms with Gasteiger partial charge in [-0.25, -0.2) is 0 Å². The van der Waals surface area contributed by atoms with E-state index in [4.69, 9.17) is 4.74 Å². The normalized spacial score (nSPS) is 10.8. The average Bonchev–Trinajstić information content (AvgIpc) is 2.26. The number of halogens is 1. The zero-order valence-electron chi connectivity index (χ0n) is 9.78. The SMILES string of the molecule is CSCCN(C)CCOc1cccc(Br)c1. The summed E-state index contributed by atoms with van der Waals surface area (Å²) < 4.78 is 6.72. The molecule has 0 aliphatic rings. The Bertz CT molecular complexity index is 309. The predicted molar refractivity (Wildman–Crippen MR) is 75.5 cm³/mol. The molecule has 0 amide bonds. The number of ether oxygens (including phenoxy) is 1. The van der Waals surface area contributed by atoms with E-state index >= 15 is 0 Å². The maximum Gasteiger partial charge on any atom is 0.120 e. The van der Waals surface area contributed by atoms with Crippen LogP contribution in [0.25, 0.3) is 0 Å². The van der Waals surface area contributed by atoms with Gasteiger partial charge < -0.3 is 9.64 Å². The summed E-state index contributed by atoms with van der Waals surface area (Å²) in [6, 6.07) is 7.95. The van der Waals surface area contributed by atoms with E-state index in [1.165, 1.54) is 5.75 Å². The molecule has 0 aliphatic heterocycles. The maximum atomic E-state index is 5.66. The van der Waals surface area contributed by atoms with Crippen molar-refractivity contribution in [3.05, 3.63) is 28.7 Å². The Morgan fingerprint density at radius 3 is 2.88 bits per heavy atom. The minimum Gasteiger partial charge on any atom is -0.492 e. The van der Waals surface area contributed by atoms with Gasteiger partial charge in [-0.05, 0) is 31.5 Å². The third-order valence-electron chi connectivity index (χ3n) is 2.21. The zero-order valence-corrected chi connectivity index (χ0v) is 12.2. The lowest BCUT2D eigenvalue weighted by atomic mass is 10.3. The highest BCUT2D eigenvalue weighted by Gasteiger charge is 1.99. The Kier molecular flexibility index (Phi) is 6.92.